The Morgan fingerprint density at radius 2 is 2.42 bits per heavy atom. The minimum absolute atomic E-state index is 0.0203. The molecule has 0 aliphatic carbocycles. The van der Waals surface area contributed by atoms with Crippen LogP contribution in [-0.4, -0.2) is 21.3 Å². The van der Waals surface area contributed by atoms with Crippen LogP contribution in [0.4, 0.5) is 0 Å². The summed E-state index contributed by atoms with van der Waals surface area (Å²) in [7, 11) is 0. The lowest BCUT2D eigenvalue weighted by molar-refractivity contribution is -0.136. The van der Waals surface area contributed by atoms with E-state index in [-0.39, 0.29) is 6.42 Å². The molecule has 1 aromatic heterocycles. The number of nitrogens with zero attached hydrogens (tertiary/aromatic N) is 1. The van der Waals surface area contributed by atoms with Crippen molar-refractivity contribution < 1.29 is 9.90 Å². The molecule has 0 spiro atoms. The SMILES string of the molecule is CCc1n[nH]c(CC(=O)O)c1Br. The smallest absolute Gasteiger partial charge is 0.309 e. The van der Waals surface area contributed by atoms with Crippen molar-refractivity contribution in [2.24, 2.45) is 0 Å². The monoisotopic (exact) mass is 232 g/mol. The molecule has 1 rings (SSSR count). The van der Waals surface area contributed by atoms with Crippen LogP contribution >= 0.6 is 15.9 Å². The summed E-state index contributed by atoms with van der Waals surface area (Å²) in [6.45, 7) is 1.96. The number of aliphatic carboxylic acids is 1. The van der Waals surface area contributed by atoms with Crippen molar-refractivity contribution in [3.05, 3.63) is 15.9 Å². The first-order chi connectivity index (χ1) is 5.65. The van der Waals surface area contributed by atoms with Gasteiger partial charge >= 0.3 is 5.97 Å². The summed E-state index contributed by atoms with van der Waals surface area (Å²) in [6, 6.07) is 0. The topological polar surface area (TPSA) is 66.0 Å². The molecular formula is C7H9BrN2O2. The zero-order valence-electron chi connectivity index (χ0n) is 6.59. The largest absolute Gasteiger partial charge is 0.481 e. The van der Waals surface area contributed by atoms with Crippen LogP contribution in [0.25, 0.3) is 0 Å². The number of rotatable bonds is 3. The second kappa shape index (κ2) is 3.71. The summed E-state index contributed by atoms with van der Waals surface area (Å²) in [5, 5.41) is 15.1. The van der Waals surface area contributed by atoms with Crippen LogP contribution in [0, 0.1) is 0 Å². The maximum atomic E-state index is 10.3. The number of aryl methyl sites for hydroxylation is 1. The lowest BCUT2D eigenvalue weighted by Gasteiger charge is -1.92. The summed E-state index contributed by atoms with van der Waals surface area (Å²) in [5.41, 5.74) is 1.49. The van der Waals surface area contributed by atoms with Crippen LogP contribution in [0.1, 0.15) is 18.3 Å². The van der Waals surface area contributed by atoms with Crippen LogP contribution < -0.4 is 0 Å². The molecule has 0 bridgehead atoms. The van der Waals surface area contributed by atoms with E-state index in [4.69, 9.17) is 5.11 Å². The van der Waals surface area contributed by atoms with Gasteiger partial charge in [0.2, 0.25) is 0 Å². The third-order valence-corrected chi connectivity index (χ3v) is 2.44. The highest BCUT2D eigenvalue weighted by molar-refractivity contribution is 9.10. The molecule has 0 saturated carbocycles. The van der Waals surface area contributed by atoms with Gasteiger partial charge in [-0.15, -0.1) is 0 Å². The number of hydrogen-bond acceptors (Lipinski definition) is 2. The van der Waals surface area contributed by atoms with Crippen LogP contribution in [0.2, 0.25) is 0 Å². The van der Waals surface area contributed by atoms with Crippen molar-refractivity contribution in [3.63, 3.8) is 0 Å². The van der Waals surface area contributed by atoms with Gasteiger partial charge in [0.15, 0.2) is 0 Å². The molecule has 0 unspecified atom stereocenters. The van der Waals surface area contributed by atoms with Gasteiger partial charge < -0.3 is 5.11 Å². The Balaban J connectivity index is 2.87. The molecule has 0 aliphatic heterocycles. The molecule has 0 amide bonds. The van der Waals surface area contributed by atoms with Gasteiger partial charge in [0, 0.05) is 0 Å². The molecule has 0 atom stereocenters. The Labute approximate surface area is 78.1 Å². The first-order valence-electron chi connectivity index (χ1n) is 3.58. The Kier molecular flexibility index (Phi) is 2.86. The molecule has 2 N–H and O–H groups in total. The standard InChI is InChI=1S/C7H9BrN2O2/c1-2-4-7(8)5(10-9-4)3-6(11)12/h2-3H2,1H3,(H,9,10)(H,11,12). The van der Waals surface area contributed by atoms with E-state index in [2.05, 4.69) is 26.1 Å². The predicted octanol–water partition coefficient (Wildman–Crippen LogP) is 1.36. The van der Waals surface area contributed by atoms with Gasteiger partial charge in [0.25, 0.3) is 0 Å². The highest BCUT2D eigenvalue weighted by atomic mass is 79.9. The Hall–Kier alpha value is -0.840. The molecule has 0 radical (unpaired) electrons. The second-order valence-electron chi connectivity index (χ2n) is 2.39. The second-order valence-corrected chi connectivity index (χ2v) is 3.18. The lowest BCUT2D eigenvalue weighted by atomic mass is 10.2. The van der Waals surface area contributed by atoms with Crippen LogP contribution in [-0.2, 0) is 17.6 Å². The van der Waals surface area contributed by atoms with Crippen molar-refractivity contribution in [3.8, 4) is 0 Å². The fourth-order valence-corrected chi connectivity index (χ4v) is 1.51. The number of halogens is 1. The van der Waals surface area contributed by atoms with Gasteiger partial charge in [-0.3, -0.25) is 9.89 Å². The summed E-state index contributed by atoms with van der Waals surface area (Å²) >= 11 is 3.28. The van der Waals surface area contributed by atoms with Crippen molar-refractivity contribution in [2.75, 3.05) is 0 Å². The zero-order valence-corrected chi connectivity index (χ0v) is 8.18. The van der Waals surface area contributed by atoms with E-state index in [0.717, 1.165) is 16.6 Å². The van der Waals surface area contributed by atoms with Crippen molar-refractivity contribution >= 4 is 21.9 Å². The van der Waals surface area contributed by atoms with Crippen molar-refractivity contribution in [1.29, 1.82) is 0 Å². The number of carboxylic acid groups (broad SMARTS) is 1. The predicted molar refractivity (Wildman–Crippen MR) is 47.0 cm³/mol. The van der Waals surface area contributed by atoms with Crippen molar-refractivity contribution in [2.45, 2.75) is 19.8 Å². The van der Waals surface area contributed by atoms with E-state index >= 15 is 0 Å². The van der Waals surface area contributed by atoms with Crippen LogP contribution in [0.15, 0.2) is 4.47 Å². The zero-order chi connectivity index (χ0) is 9.14. The average molecular weight is 233 g/mol. The highest BCUT2D eigenvalue weighted by Crippen LogP contribution is 2.19. The molecule has 1 heterocycles. The number of hydrogen-bond donors (Lipinski definition) is 2. The highest BCUT2D eigenvalue weighted by Gasteiger charge is 2.11. The number of carbonyl (C=O) groups is 1. The Morgan fingerprint density at radius 1 is 1.75 bits per heavy atom. The van der Waals surface area contributed by atoms with Gasteiger partial charge in [0.05, 0.1) is 22.3 Å². The van der Waals surface area contributed by atoms with Crippen molar-refractivity contribution in [1.82, 2.24) is 10.2 Å². The van der Waals surface area contributed by atoms with E-state index in [0.29, 0.717) is 5.69 Å². The quantitative estimate of drug-likeness (QED) is 0.828. The minimum Gasteiger partial charge on any atom is -0.481 e. The number of nitrogens with one attached hydrogen (secondary N) is 1. The normalized spacial score (nSPS) is 10.2. The summed E-state index contributed by atoms with van der Waals surface area (Å²) in [6.07, 6.45) is 0.768. The first kappa shape index (κ1) is 9.25. The summed E-state index contributed by atoms with van der Waals surface area (Å²) in [5.74, 6) is -0.859. The Bertz CT molecular complexity index is 296. The van der Waals surface area contributed by atoms with E-state index in [1.807, 2.05) is 6.92 Å². The van der Waals surface area contributed by atoms with E-state index in [1.165, 1.54) is 0 Å². The fourth-order valence-electron chi connectivity index (χ4n) is 0.910. The number of aromatic nitrogens is 2. The number of H-pyrrole nitrogens is 1. The molecule has 0 fully saturated rings. The van der Waals surface area contributed by atoms with E-state index in [9.17, 15) is 4.79 Å². The molecule has 66 valence electrons. The van der Waals surface area contributed by atoms with E-state index < -0.39 is 5.97 Å². The first-order valence-corrected chi connectivity index (χ1v) is 4.37. The maximum absolute atomic E-state index is 10.3. The number of carboxylic acids is 1. The summed E-state index contributed by atoms with van der Waals surface area (Å²) < 4.78 is 0.785. The molecule has 12 heavy (non-hydrogen) atoms. The molecule has 0 saturated heterocycles. The van der Waals surface area contributed by atoms with Gasteiger partial charge in [-0.2, -0.15) is 5.10 Å². The molecule has 0 aliphatic rings. The van der Waals surface area contributed by atoms with Crippen LogP contribution in [0.3, 0.4) is 0 Å². The van der Waals surface area contributed by atoms with Gasteiger partial charge in [-0.25, -0.2) is 0 Å². The molecule has 0 aromatic carbocycles. The lowest BCUT2D eigenvalue weighted by Crippen LogP contribution is -2.00. The average Bonchev–Trinajstić information content (AvgIpc) is 2.32. The number of aromatic amines is 1. The van der Waals surface area contributed by atoms with Gasteiger partial charge in [-0.05, 0) is 22.4 Å². The van der Waals surface area contributed by atoms with E-state index in [1.54, 1.807) is 0 Å². The van der Waals surface area contributed by atoms with Gasteiger partial charge in [-0.1, -0.05) is 6.92 Å². The molecule has 5 heteroatoms. The minimum atomic E-state index is -0.859. The molecule has 1 aromatic rings. The van der Waals surface area contributed by atoms with Crippen LogP contribution in [0.5, 0.6) is 0 Å². The molecular weight excluding hydrogens is 224 g/mol. The fraction of sp³-hybridized carbons (Fsp3) is 0.429. The third kappa shape index (κ3) is 1.85. The third-order valence-electron chi connectivity index (χ3n) is 1.51. The molecule has 4 nitrogen and oxygen atoms in total. The Morgan fingerprint density at radius 3 is 2.83 bits per heavy atom. The summed E-state index contributed by atoms with van der Waals surface area (Å²) in [4.78, 5) is 10.3. The maximum Gasteiger partial charge on any atom is 0.309 e. The van der Waals surface area contributed by atoms with Gasteiger partial charge in [0.1, 0.15) is 0 Å².